The highest BCUT2D eigenvalue weighted by atomic mass is 16.2. The summed E-state index contributed by atoms with van der Waals surface area (Å²) >= 11 is 0. The van der Waals surface area contributed by atoms with Crippen LogP contribution in [0.5, 0.6) is 0 Å². The first-order valence-corrected chi connectivity index (χ1v) is 8.58. The van der Waals surface area contributed by atoms with Gasteiger partial charge in [0, 0.05) is 32.2 Å². The van der Waals surface area contributed by atoms with Gasteiger partial charge in [0.25, 0.3) is 0 Å². The molecule has 2 N–H and O–H groups in total. The predicted octanol–water partition coefficient (Wildman–Crippen LogP) is 2.96. The molecule has 25 heavy (non-hydrogen) atoms. The van der Waals surface area contributed by atoms with Crippen molar-refractivity contribution in [2.75, 3.05) is 18.4 Å². The average molecular weight is 337 g/mol. The molecule has 0 radical (unpaired) electrons. The molecule has 0 bridgehead atoms. The van der Waals surface area contributed by atoms with Gasteiger partial charge in [-0.2, -0.15) is 0 Å². The highest BCUT2D eigenvalue weighted by Crippen LogP contribution is 2.22. The molecule has 0 saturated heterocycles. The number of carbonyl (C=O) groups is 2. The Morgan fingerprint density at radius 1 is 1.08 bits per heavy atom. The summed E-state index contributed by atoms with van der Waals surface area (Å²) in [5.74, 6) is 0.0858. The van der Waals surface area contributed by atoms with Crippen LogP contribution in [0.1, 0.15) is 23.6 Å². The molecule has 3 rings (SSSR count). The summed E-state index contributed by atoms with van der Waals surface area (Å²) in [6.45, 7) is 3.54. The molecule has 0 aromatic heterocycles. The predicted molar refractivity (Wildman–Crippen MR) is 98.4 cm³/mol. The number of amides is 3. The van der Waals surface area contributed by atoms with Gasteiger partial charge in [-0.3, -0.25) is 4.79 Å². The fraction of sp³-hybridized carbons (Fsp3) is 0.300. The van der Waals surface area contributed by atoms with Crippen molar-refractivity contribution in [1.29, 1.82) is 0 Å². The summed E-state index contributed by atoms with van der Waals surface area (Å²) in [6.07, 6.45) is 1.66. The first kappa shape index (κ1) is 17.0. The summed E-state index contributed by atoms with van der Waals surface area (Å²) in [4.78, 5) is 25.4. The molecule has 3 amide bonds. The standard InChI is InChI=1S/C20H23N3O2/c1-15(24)23-12-10-17-7-8-19(13-18(17)14-23)22-20(25)21-11-9-16-5-3-2-4-6-16/h2-8,13H,9-12,14H2,1H3,(H2,21,22,25). The topological polar surface area (TPSA) is 61.4 Å². The first-order chi connectivity index (χ1) is 12.1. The summed E-state index contributed by atoms with van der Waals surface area (Å²) in [7, 11) is 0. The zero-order chi connectivity index (χ0) is 17.6. The number of carbonyl (C=O) groups excluding carboxylic acids is 2. The van der Waals surface area contributed by atoms with E-state index in [0.29, 0.717) is 13.1 Å². The van der Waals surface area contributed by atoms with Crippen molar-refractivity contribution < 1.29 is 9.59 Å². The lowest BCUT2D eigenvalue weighted by Gasteiger charge is -2.28. The van der Waals surface area contributed by atoms with Crippen molar-refractivity contribution in [2.24, 2.45) is 0 Å². The Bertz CT molecular complexity index is 759. The van der Waals surface area contributed by atoms with E-state index >= 15 is 0 Å². The second-order valence-corrected chi connectivity index (χ2v) is 6.29. The molecule has 2 aromatic rings. The summed E-state index contributed by atoms with van der Waals surface area (Å²) in [5.41, 5.74) is 4.29. The van der Waals surface area contributed by atoms with Crippen molar-refractivity contribution in [1.82, 2.24) is 10.2 Å². The van der Waals surface area contributed by atoms with Gasteiger partial charge < -0.3 is 15.5 Å². The third-order valence-electron chi connectivity index (χ3n) is 4.46. The largest absolute Gasteiger partial charge is 0.338 e. The lowest BCUT2D eigenvalue weighted by Crippen LogP contribution is -2.34. The van der Waals surface area contributed by atoms with Crippen LogP contribution in [0.25, 0.3) is 0 Å². The van der Waals surface area contributed by atoms with Gasteiger partial charge in [0.1, 0.15) is 0 Å². The van der Waals surface area contributed by atoms with Crippen molar-refractivity contribution >= 4 is 17.6 Å². The highest BCUT2D eigenvalue weighted by molar-refractivity contribution is 5.89. The van der Waals surface area contributed by atoms with Gasteiger partial charge in [-0.05, 0) is 41.7 Å². The quantitative estimate of drug-likeness (QED) is 0.901. The van der Waals surface area contributed by atoms with E-state index in [9.17, 15) is 9.59 Å². The highest BCUT2D eigenvalue weighted by Gasteiger charge is 2.18. The average Bonchev–Trinajstić information content (AvgIpc) is 2.62. The Kier molecular flexibility index (Phi) is 5.33. The maximum Gasteiger partial charge on any atom is 0.319 e. The first-order valence-electron chi connectivity index (χ1n) is 8.58. The zero-order valence-corrected chi connectivity index (χ0v) is 14.4. The summed E-state index contributed by atoms with van der Waals surface area (Å²) < 4.78 is 0. The number of rotatable bonds is 4. The molecule has 5 heteroatoms. The van der Waals surface area contributed by atoms with Crippen molar-refractivity contribution in [3.05, 3.63) is 65.2 Å². The van der Waals surface area contributed by atoms with Crippen LogP contribution >= 0.6 is 0 Å². The summed E-state index contributed by atoms with van der Waals surface area (Å²) in [5, 5.41) is 5.74. The molecule has 1 heterocycles. The Hall–Kier alpha value is -2.82. The molecule has 0 fully saturated rings. The number of urea groups is 1. The normalized spacial score (nSPS) is 13.1. The second kappa shape index (κ2) is 7.83. The molecule has 130 valence electrons. The smallest absolute Gasteiger partial charge is 0.319 e. The Balaban J connectivity index is 1.53. The van der Waals surface area contributed by atoms with E-state index < -0.39 is 0 Å². The van der Waals surface area contributed by atoms with Crippen LogP contribution in [0.2, 0.25) is 0 Å². The number of benzene rings is 2. The van der Waals surface area contributed by atoms with E-state index in [-0.39, 0.29) is 11.9 Å². The molecule has 0 saturated carbocycles. The second-order valence-electron chi connectivity index (χ2n) is 6.29. The lowest BCUT2D eigenvalue weighted by molar-refractivity contribution is -0.129. The van der Waals surface area contributed by atoms with Gasteiger partial charge >= 0.3 is 6.03 Å². The van der Waals surface area contributed by atoms with Gasteiger partial charge in [-0.1, -0.05) is 36.4 Å². The van der Waals surface area contributed by atoms with Crippen molar-refractivity contribution in [3.8, 4) is 0 Å². The van der Waals surface area contributed by atoms with Crippen LogP contribution < -0.4 is 10.6 Å². The third-order valence-corrected chi connectivity index (χ3v) is 4.46. The molecule has 1 aliphatic rings. The third kappa shape index (κ3) is 4.59. The van der Waals surface area contributed by atoms with Crippen LogP contribution in [0.4, 0.5) is 10.5 Å². The molecule has 5 nitrogen and oxygen atoms in total. The van der Waals surface area contributed by atoms with Gasteiger partial charge in [0.05, 0.1) is 0 Å². The van der Waals surface area contributed by atoms with Gasteiger partial charge in [0.2, 0.25) is 5.91 Å². The lowest BCUT2D eigenvalue weighted by atomic mass is 9.99. The number of anilines is 1. The maximum absolute atomic E-state index is 12.1. The molecular formula is C20H23N3O2. The van der Waals surface area contributed by atoms with Crippen LogP contribution in [-0.4, -0.2) is 29.9 Å². The number of nitrogens with one attached hydrogen (secondary N) is 2. The Morgan fingerprint density at radius 2 is 1.88 bits per heavy atom. The van der Waals surface area contributed by atoms with Gasteiger partial charge in [0.15, 0.2) is 0 Å². The number of hydrogen-bond donors (Lipinski definition) is 2. The van der Waals surface area contributed by atoms with E-state index in [4.69, 9.17) is 0 Å². The van der Waals surface area contributed by atoms with E-state index in [1.807, 2.05) is 53.4 Å². The molecule has 2 aromatic carbocycles. The molecule has 0 atom stereocenters. The van der Waals surface area contributed by atoms with Crippen molar-refractivity contribution in [2.45, 2.75) is 26.3 Å². The van der Waals surface area contributed by atoms with Crippen molar-refractivity contribution in [3.63, 3.8) is 0 Å². The van der Waals surface area contributed by atoms with Gasteiger partial charge in [-0.15, -0.1) is 0 Å². The van der Waals surface area contributed by atoms with Gasteiger partial charge in [-0.25, -0.2) is 4.79 Å². The number of hydrogen-bond acceptors (Lipinski definition) is 2. The maximum atomic E-state index is 12.1. The van der Waals surface area contributed by atoms with Crippen LogP contribution in [-0.2, 0) is 24.2 Å². The van der Waals surface area contributed by atoms with E-state index in [0.717, 1.165) is 30.6 Å². The molecule has 0 spiro atoms. The molecule has 1 aliphatic heterocycles. The molecule has 0 unspecified atom stereocenters. The SMILES string of the molecule is CC(=O)N1CCc2ccc(NC(=O)NCCc3ccccc3)cc2C1. The van der Waals surface area contributed by atoms with Crippen LogP contribution in [0.15, 0.2) is 48.5 Å². The minimum Gasteiger partial charge on any atom is -0.338 e. The molecule has 0 aliphatic carbocycles. The fourth-order valence-electron chi connectivity index (χ4n) is 3.04. The monoisotopic (exact) mass is 337 g/mol. The van der Waals surface area contributed by atoms with Crippen LogP contribution in [0, 0.1) is 0 Å². The minimum atomic E-state index is -0.213. The summed E-state index contributed by atoms with van der Waals surface area (Å²) in [6, 6.07) is 15.8. The number of fused-ring (bicyclic) bond motifs is 1. The van der Waals surface area contributed by atoms with Crippen LogP contribution in [0.3, 0.4) is 0 Å². The van der Waals surface area contributed by atoms with E-state index in [2.05, 4.69) is 10.6 Å². The zero-order valence-electron chi connectivity index (χ0n) is 14.4. The van der Waals surface area contributed by atoms with E-state index in [1.165, 1.54) is 11.1 Å². The van der Waals surface area contributed by atoms with E-state index in [1.54, 1.807) is 6.92 Å². The Labute approximate surface area is 148 Å². The fourth-order valence-corrected chi connectivity index (χ4v) is 3.04. The Morgan fingerprint density at radius 3 is 2.64 bits per heavy atom. The minimum absolute atomic E-state index is 0.0858. The number of nitrogens with zero attached hydrogens (tertiary/aromatic N) is 1. The molecular weight excluding hydrogens is 314 g/mol.